The van der Waals surface area contributed by atoms with Crippen LogP contribution < -0.4 is 0 Å². The molecule has 162 valence electrons. The number of thioether (sulfide) groups is 1. The lowest BCUT2D eigenvalue weighted by Crippen LogP contribution is -2.27. The van der Waals surface area contributed by atoms with Crippen LogP contribution in [-0.4, -0.2) is 44.7 Å². The quantitative estimate of drug-likeness (QED) is 0.398. The molecule has 7 heteroatoms. The van der Waals surface area contributed by atoms with E-state index in [1.807, 2.05) is 47.0 Å². The van der Waals surface area contributed by atoms with Gasteiger partial charge in [-0.15, -0.1) is 10.2 Å². The van der Waals surface area contributed by atoms with Gasteiger partial charge in [0, 0.05) is 32.1 Å². The summed E-state index contributed by atoms with van der Waals surface area (Å²) in [6.45, 7) is 4.14. The van der Waals surface area contributed by atoms with Gasteiger partial charge in [-0.1, -0.05) is 59.8 Å². The van der Waals surface area contributed by atoms with Gasteiger partial charge in [0.15, 0.2) is 11.0 Å². The Hall–Kier alpha value is -3.45. The normalized spacial score (nSPS) is 11.9. The van der Waals surface area contributed by atoms with Crippen LogP contribution in [0.5, 0.6) is 0 Å². The Morgan fingerprint density at radius 1 is 1.00 bits per heavy atom. The predicted octanol–water partition coefficient (Wildman–Crippen LogP) is 4.87. The van der Waals surface area contributed by atoms with Crippen LogP contribution in [-0.2, 0) is 4.79 Å². The molecule has 4 rings (SSSR count). The van der Waals surface area contributed by atoms with Crippen LogP contribution in [0.1, 0.15) is 21.9 Å². The molecule has 32 heavy (non-hydrogen) atoms. The van der Waals surface area contributed by atoms with Crippen LogP contribution in [0.4, 0.5) is 0 Å². The topological polar surface area (TPSA) is 63.9 Å². The summed E-state index contributed by atoms with van der Waals surface area (Å²) >= 11 is 1.41. The third kappa shape index (κ3) is 4.43. The third-order valence-electron chi connectivity index (χ3n) is 5.14. The van der Waals surface area contributed by atoms with E-state index in [-0.39, 0.29) is 5.91 Å². The highest BCUT2D eigenvalue weighted by Crippen LogP contribution is 2.38. The summed E-state index contributed by atoms with van der Waals surface area (Å²) in [7, 11) is 3.55. The van der Waals surface area contributed by atoms with Gasteiger partial charge in [-0.25, -0.2) is 0 Å². The minimum atomic E-state index is -0.443. The number of carbonyl (C=O) groups is 1. The highest BCUT2D eigenvalue weighted by molar-refractivity contribution is 8.00. The Labute approximate surface area is 192 Å². The van der Waals surface area contributed by atoms with E-state index in [2.05, 4.69) is 47.2 Å². The van der Waals surface area contributed by atoms with E-state index in [4.69, 9.17) is 0 Å². The summed E-state index contributed by atoms with van der Waals surface area (Å²) in [5.74, 6) is 0.691. The van der Waals surface area contributed by atoms with Gasteiger partial charge in [-0.3, -0.25) is 14.3 Å². The van der Waals surface area contributed by atoms with Crippen molar-refractivity contribution in [1.29, 1.82) is 0 Å². The molecule has 0 N–H and O–H groups in total. The molecule has 0 unspecified atom stereocenters. The number of hydrogen-bond acceptors (Lipinski definition) is 5. The fraction of sp³-hybridized carbons (Fsp3) is 0.200. The van der Waals surface area contributed by atoms with Crippen molar-refractivity contribution in [3.05, 3.63) is 89.7 Å². The molecule has 0 fully saturated rings. The van der Waals surface area contributed by atoms with E-state index in [1.54, 1.807) is 31.4 Å². The highest BCUT2D eigenvalue weighted by atomic mass is 32.2. The second kappa shape index (κ2) is 9.36. The molecule has 0 saturated carbocycles. The van der Waals surface area contributed by atoms with E-state index in [0.717, 1.165) is 22.4 Å². The Morgan fingerprint density at radius 3 is 2.44 bits per heavy atom. The van der Waals surface area contributed by atoms with Gasteiger partial charge in [0.05, 0.1) is 5.69 Å². The first-order valence-electron chi connectivity index (χ1n) is 10.3. The highest BCUT2D eigenvalue weighted by Gasteiger charge is 2.28. The average Bonchev–Trinajstić information content (AvgIpc) is 3.21. The van der Waals surface area contributed by atoms with Crippen molar-refractivity contribution in [2.45, 2.75) is 24.3 Å². The molecule has 2 aromatic heterocycles. The molecule has 6 nitrogen and oxygen atoms in total. The third-order valence-corrected chi connectivity index (χ3v) is 6.32. The maximum atomic E-state index is 13.1. The number of benzene rings is 2. The molecule has 0 bridgehead atoms. The minimum Gasteiger partial charge on any atom is -0.348 e. The van der Waals surface area contributed by atoms with E-state index in [1.165, 1.54) is 17.3 Å². The first-order chi connectivity index (χ1) is 15.5. The molecule has 0 aliphatic carbocycles. The SMILES string of the molecule is Cc1ccc(-n2c(S[C@@H](C(=O)N(C)C)c3ccccc3)nnc2-c2cccnc2)c(C)c1. The molecule has 0 aliphatic heterocycles. The molecular formula is C25H25N5OS. The lowest BCUT2D eigenvalue weighted by molar-refractivity contribution is -0.128. The smallest absolute Gasteiger partial charge is 0.240 e. The van der Waals surface area contributed by atoms with Gasteiger partial charge < -0.3 is 4.90 Å². The fourth-order valence-electron chi connectivity index (χ4n) is 3.53. The summed E-state index contributed by atoms with van der Waals surface area (Å²) in [5, 5.41) is 9.23. The van der Waals surface area contributed by atoms with Crippen LogP contribution in [0.15, 0.2) is 78.2 Å². The zero-order chi connectivity index (χ0) is 22.7. The van der Waals surface area contributed by atoms with Crippen LogP contribution in [0.25, 0.3) is 17.1 Å². The molecule has 1 amide bonds. The van der Waals surface area contributed by atoms with Crippen molar-refractivity contribution >= 4 is 17.7 Å². The van der Waals surface area contributed by atoms with Crippen molar-refractivity contribution in [2.75, 3.05) is 14.1 Å². The molecule has 0 spiro atoms. The molecule has 0 radical (unpaired) electrons. The minimum absolute atomic E-state index is 0.000643. The van der Waals surface area contributed by atoms with Gasteiger partial charge in [-0.05, 0) is 43.2 Å². The number of amides is 1. The summed E-state index contributed by atoms with van der Waals surface area (Å²) in [6, 6.07) is 19.9. The van der Waals surface area contributed by atoms with E-state index in [9.17, 15) is 4.79 Å². The number of aromatic nitrogens is 4. The Bertz CT molecular complexity index is 1220. The Morgan fingerprint density at radius 2 is 1.78 bits per heavy atom. The molecule has 4 aromatic rings. The molecule has 0 saturated heterocycles. The van der Waals surface area contributed by atoms with Crippen LogP contribution >= 0.6 is 11.8 Å². The van der Waals surface area contributed by atoms with Crippen LogP contribution in [0.3, 0.4) is 0 Å². The lowest BCUT2D eigenvalue weighted by Gasteiger charge is -2.21. The maximum absolute atomic E-state index is 13.1. The fourth-order valence-corrected chi connectivity index (χ4v) is 4.72. The first-order valence-corrected chi connectivity index (χ1v) is 11.2. The van der Waals surface area contributed by atoms with Crippen LogP contribution in [0, 0.1) is 13.8 Å². The van der Waals surface area contributed by atoms with Crippen molar-refractivity contribution in [3.63, 3.8) is 0 Å². The second-order valence-electron chi connectivity index (χ2n) is 7.81. The first kappa shape index (κ1) is 21.8. The number of pyridine rings is 1. The van der Waals surface area contributed by atoms with Crippen molar-refractivity contribution < 1.29 is 4.79 Å². The zero-order valence-electron chi connectivity index (χ0n) is 18.6. The maximum Gasteiger partial charge on any atom is 0.240 e. The summed E-state index contributed by atoms with van der Waals surface area (Å²) < 4.78 is 2.02. The van der Waals surface area contributed by atoms with Gasteiger partial charge in [0.1, 0.15) is 5.25 Å². The number of carbonyl (C=O) groups excluding carboxylic acids is 1. The van der Waals surface area contributed by atoms with Gasteiger partial charge in [0.2, 0.25) is 5.91 Å². The van der Waals surface area contributed by atoms with E-state index >= 15 is 0 Å². The number of nitrogens with zero attached hydrogens (tertiary/aromatic N) is 5. The standard InChI is InChI=1S/C25H25N5OS/c1-17-12-13-21(18(2)15-17)30-23(20-11-8-14-26-16-20)27-28-25(30)32-22(24(31)29(3)4)19-9-6-5-7-10-19/h5-16,22H,1-4H3/t22-/m1/s1. The molecule has 0 aliphatic rings. The Balaban J connectivity index is 1.86. The monoisotopic (exact) mass is 443 g/mol. The van der Waals surface area contributed by atoms with Gasteiger partial charge in [-0.2, -0.15) is 0 Å². The average molecular weight is 444 g/mol. The van der Waals surface area contributed by atoms with Crippen molar-refractivity contribution in [1.82, 2.24) is 24.6 Å². The van der Waals surface area contributed by atoms with Crippen molar-refractivity contribution in [3.8, 4) is 17.1 Å². The zero-order valence-corrected chi connectivity index (χ0v) is 19.4. The summed E-state index contributed by atoms with van der Waals surface area (Å²) in [6.07, 6.45) is 3.51. The summed E-state index contributed by atoms with van der Waals surface area (Å²) in [5.41, 5.74) is 5.05. The predicted molar refractivity (Wildman–Crippen MR) is 128 cm³/mol. The van der Waals surface area contributed by atoms with Gasteiger partial charge in [0.25, 0.3) is 0 Å². The number of likely N-dealkylation sites (N-methyl/N-ethyl adjacent to an activating group) is 1. The molecule has 2 heterocycles. The number of rotatable bonds is 6. The molecule has 2 aromatic carbocycles. The molecular weight excluding hydrogens is 418 g/mol. The summed E-state index contributed by atoms with van der Waals surface area (Å²) in [4.78, 5) is 19.0. The number of aryl methyl sites for hydroxylation is 2. The van der Waals surface area contributed by atoms with Crippen molar-refractivity contribution in [2.24, 2.45) is 0 Å². The van der Waals surface area contributed by atoms with E-state index in [0.29, 0.717) is 11.0 Å². The van der Waals surface area contributed by atoms with E-state index < -0.39 is 5.25 Å². The second-order valence-corrected chi connectivity index (χ2v) is 8.89. The van der Waals surface area contributed by atoms with Crippen LogP contribution in [0.2, 0.25) is 0 Å². The number of hydrogen-bond donors (Lipinski definition) is 0. The molecule has 1 atom stereocenters. The largest absolute Gasteiger partial charge is 0.348 e. The Kier molecular flexibility index (Phi) is 6.37. The lowest BCUT2D eigenvalue weighted by atomic mass is 10.1. The van der Waals surface area contributed by atoms with Gasteiger partial charge >= 0.3 is 0 Å².